The highest BCUT2D eigenvalue weighted by Crippen LogP contribution is 2.37. The summed E-state index contributed by atoms with van der Waals surface area (Å²) < 4.78 is 13.6. The predicted molar refractivity (Wildman–Crippen MR) is 134 cm³/mol. The van der Waals surface area contributed by atoms with Gasteiger partial charge in [0, 0.05) is 54.2 Å². The Kier molecular flexibility index (Phi) is 6.53. The minimum Gasteiger partial charge on any atom is -0.364 e. The van der Waals surface area contributed by atoms with Crippen molar-refractivity contribution in [2.45, 2.75) is 38.8 Å². The number of aromatic amines is 2. The van der Waals surface area contributed by atoms with Crippen LogP contribution in [-0.4, -0.2) is 32.5 Å². The van der Waals surface area contributed by atoms with E-state index in [0.29, 0.717) is 0 Å². The third kappa shape index (κ3) is 5.06. The average Bonchev–Trinajstić information content (AvgIpc) is 3.58. The highest BCUT2D eigenvalue weighted by molar-refractivity contribution is 5.90. The summed E-state index contributed by atoms with van der Waals surface area (Å²) in [7, 11) is 0. The second kappa shape index (κ2) is 9.90. The van der Waals surface area contributed by atoms with Crippen LogP contribution in [0, 0.1) is 12.7 Å². The number of carbonyl (C=O) groups excluding carboxylic acids is 1. The largest absolute Gasteiger partial charge is 0.364 e. The van der Waals surface area contributed by atoms with Crippen LogP contribution in [0.25, 0.3) is 17.0 Å². The summed E-state index contributed by atoms with van der Waals surface area (Å²) in [4.78, 5) is 20.5. The average molecular weight is 473 g/mol. The summed E-state index contributed by atoms with van der Waals surface area (Å²) in [6, 6.07) is 13.7. The Hall–Kier alpha value is -3.68. The molecule has 4 aromatic rings. The van der Waals surface area contributed by atoms with Crippen molar-refractivity contribution in [2.24, 2.45) is 0 Å². The van der Waals surface area contributed by atoms with Gasteiger partial charge in [-0.25, -0.2) is 9.87 Å². The number of benzene rings is 2. The number of halogens is 1. The highest BCUT2D eigenvalue weighted by Gasteiger charge is 2.28. The van der Waals surface area contributed by atoms with Gasteiger partial charge in [-0.3, -0.25) is 14.9 Å². The summed E-state index contributed by atoms with van der Waals surface area (Å²) >= 11 is 0. The van der Waals surface area contributed by atoms with Crippen molar-refractivity contribution < 1.29 is 14.4 Å². The summed E-state index contributed by atoms with van der Waals surface area (Å²) in [5.41, 5.74) is 9.58. The number of hydrogen-bond acceptors (Lipinski definition) is 3. The van der Waals surface area contributed by atoms with E-state index in [2.05, 4.69) is 40.0 Å². The Morgan fingerprint density at radius 3 is 2.89 bits per heavy atom. The number of rotatable bonds is 8. The van der Waals surface area contributed by atoms with Crippen LogP contribution < -0.4 is 5.48 Å². The Morgan fingerprint density at radius 2 is 2.09 bits per heavy atom. The lowest BCUT2D eigenvalue weighted by Crippen LogP contribution is -2.29. The third-order valence-corrected chi connectivity index (χ3v) is 6.85. The van der Waals surface area contributed by atoms with Crippen molar-refractivity contribution >= 4 is 22.9 Å². The lowest BCUT2D eigenvalue weighted by Gasteiger charge is -2.29. The van der Waals surface area contributed by atoms with Gasteiger partial charge in [0.15, 0.2) is 0 Å². The number of amides is 1. The molecule has 7 heteroatoms. The Bertz CT molecular complexity index is 1390. The first-order valence-corrected chi connectivity index (χ1v) is 11.9. The summed E-state index contributed by atoms with van der Waals surface area (Å²) in [6.45, 7) is 3.77. The molecule has 0 fully saturated rings. The fourth-order valence-corrected chi connectivity index (χ4v) is 5.16. The van der Waals surface area contributed by atoms with E-state index in [1.165, 1.54) is 40.1 Å². The molecule has 0 aliphatic heterocycles. The van der Waals surface area contributed by atoms with Crippen molar-refractivity contribution in [3.63, 3.8) is 0 Å². The first-order chi connectivity index (χ1) is 17.0. The van der Waals surface area contributed by atoms with Crippen LogP contribution in [0.2, 0.25) is 0 Å². The van der Waals surface area contributed by atoms with Crippen molar-refractivity contribution in [1.82, 2.24) is 20.3 Å². The molecule has 6 nitrogen and oxygen atoms in total. The van der Waals surface area contributed by atoms with Gasteiger partial charge in [-0.15, -0.1) is 0 Å². The molecule has 0 saturated heterocycles. The summed E-state index contributed by atoms with van der Waals surface area (Å²) in [6.07, 6.45) is 9.91. The van der Waals surface area contributed by atoms with Gasteiger partial charge in [0.25, 0.3) is 5.91 Å². The van der Waals surface area contributed by atoms with E-state index >= 15 is 0 Å². The van der Waals surface area contributed by atoms with Gasteiger partial charge in [0.05, 0.1) is 0 Å². The zero-order chi connectivity index (χ0) is 24.4. The van der Waals surface area contributed by atoms with E-state index in [1.807, 2.05) is 24.5 Å². The second-order valence-corrected chi connectivity index (χ2v) is 9.25. The number of carbonyl (C=O) groups is 1. The van der Waals surface area contributed by atoms with Gasteiger partial charge < -0.3 is 9.97 Å². The first-order valence-electron chi connectivity index (χ1n) is 11.9. The molecular formula is C28H29FN4O2. The number of nitrogens with one attached hydrogen (secondary N) is 3. The van der Waals surface area contributed by atoms with E-state index < -0.39 is 5.91 Å². The molecule has 0 saturated carbocycles. The second-order valence-electron chi connectivity index (χ2n) is 9.25. The van der Waals surface area contributed by atoms with Gasteiger partial charge >= 0.3 is 0 Å². The maximum Gasteiger partial charge on any atom is 0.267 e. The standard InChI is InChI=1S/C28H29FN4O2/c1-18-12-23(30-15-18)17-33(11-10-21-16-31-26-14-22(29)5-7-24(21)26)27-8-4-20-13-19(2-6-25(20)27)3-9-28(34)32-35/h2-3,5-7,9,12-16,27,30-31,35H,4,8,10-11,17H2,1H3,(H,32,34). The summed E-state index contributed by atoms with van der Waals surface area (Å²) in [5, 5.41) is 9.77. The molecule has 4 N–H and O–H groups in total. The van der Waals surface area contributed by atoms with Crippen LogP contribution in [0.1, 0.15) is 46.0 Å². The number of aromatic nitrogens is 2. The molecular weight excluding hydrogens is 443 g/mol. The molecule has 2 heterocycles. The molecule has 0 radical (unpaired) electrons. The number of H-pyrrole nitrogens is 2. The molecule has 1 amide bonds. The number of nitrogens with zero attached hydrogens (tertiary/aromatic N) is 1. The van der Waals surface area contributed by atoms with Crippen LogP contribution in [0.15, 0.2) is 60.9 Å². The zero-order valence-corrected chi connectivity index (χ0v) is 19.6. The van der Waals surface area contributed by atoms with E-state index in [1.54, 1.807) is 17.6 Å². The zero-order valence-electron chi connectivity index (χ0n) is 19.6. The van der Waals surface area contributed by atoms with Gasteiger partial charge in [0.1, 0.15) is 5.82 Å². The molecule has 35 heavy (non-hydrogen) atoms. The fraction of sp³-hybridized carbons (Fsp3) is 0.250. The van der Waals surface area contributed by atoms with Crippen molar-refractivity contribution in [3.05, 3.63) is 100 Å². The van der Waals surface area contributed by atoms with E-state index in [-0.39, 0.29) is 11.9 Å². The lowest BCUT2D eigenvalue weighted by atomic mass is 10.0. The molecule has 0 spiro atoms. The van der Waals surface area contributed by atoms with Crippen molar-refractivity contribution in [2.75, 3.05) is 6.54 Å². The molecule has 0 bridgehead atoms. The normalized spacial score (nSPS) is 15.4. The SMILES string of the molecule is Cc1c[nH]c(CN(CCc2c[nH]c3cc(F)ccc23)C2CCc3cc(C=CC(=O)NO)ccc32)c1. The molecule has 1 aliphatic carbocycles. The molecule has 1 unspecified atom stereocenters. The maximum absolute atomic E-state index is 13.6. The molecule has 2 aromatic heterocycles. The Morgan fingerprint density at radius 1 is 1.20 bits per heavy atom. The monoisotopic (exact) mass is 472 g/mol. The van der Waals surface area contributed by atoms with Crippen LogP contribution in [0.4, 0.5) is 4.39 Å². The van der Waals surface area contributed by atoms with Crippen LogP contribution in [0.3, 0.4) is 0 Å². The minimum atomic E-state index is -0.546. The number of hydroxylamine groups is 1. The highest BCUT2D eigenvalue weighted by atomic mass is 19.1. The van der Waals surface area contributed by atoms with Gasteiger partial charge in [-0.1, -0.05) is 18.2 Å². The Balaban J connectivity index is 1.38. The number of fused-ring (bicyclic) bond motifs is 2. The summed E-state index contributed by atoms with van der Waals surface area (Å²) in [5.74, 6) is -0.779. The smallest absolute Gasteiger partial charge is 0.267 e. The maximum atomic E-state index is 13.6. The van der Waals surface area contributed by atoms with Crippen LogP contribution in [-0.2, 0) is 24.2 Å². The molecule has 2 aromatic carbocycles. The fourth-order valence-electron chi connectivity index (χ4n) is 5.16. The quantitative estimate of drug-likeness (QED) is 0.162. The Labute approximate surface area is 203 Å². The topological polar surface area (TPSA) is 84.2 Å². The molecule has 1 aliphatic rings. The van der Waals surface area contributed by atoms with Gasteiger partial charge in [-0.05, 0) is 84.3 Å². The number of aryl methyl sites for hydroxylation is 2. The molecule has 1 atom stereocenters. The predicted octanol–water partition coefficient (Wildman–Crippen LogP) is 5.19. The van der Waals surface area contributed by atoms with Crippen LogP contribution >= 0.6 is 0 Å². The lowest BCUT2D eigenvalue weighted by molar-refractivity contribution is -0.124. The number of hydrogen-bond donors (Lipinski definition) is 4. The van der Waals surface area contributed by atoms with Crippen molar-refractivity contribution in [3.8, 4) is 0 Å². The molecule has 180 valence electrons. The van der Waals surface area contributed by atoms with Crippen LogP contribution in [0.5, 0.6) is 0 Å². The third-order valence-electron chi connectivity index (χ3n) is 6.85. The van der Waals surface area contributed by atoms with Gasteiger partial charge in [0.2, 0.25) is 0 Å². The van der Waals surface area contributed by atoms with Crippen molar-refractivity contribution in [1.29, 1.82) is 0 Å². The first kappa shape index (κ1) is 23.1. The van der Waals surface area contributed by atoms with E-state index in [0.717, 1.165) is 48.8 Å². The van der Waals surface area contributed by atoms with Gasteiger partial charge in [-0.2, -0.15) is 0 Å². The minimum absolute atomic E-state index is 0.233. The van der Waals surface area contributed by atoms with E-state index in [4.69, 9.17) is 5.21 Å². The van der Waals surface area contributed by atoms with E-state index in [9.17, 15) is 9.18 Å². The molecule has 5 rings (SSSR count).